The minimum atomic E-state index is -0.473. The summed E-state index contributed by atoms with van der Waals surface area (Å²) in [6, 6.07) is 11.1. The van der Waals surface area contributed by atoms with E-state index in [1.165, 1.54) is 29.2 Å². The van der Waals surface area contributed by atoms with Gasteiger partial charge in [0.1, 0.15) is 18.2 Å². The number of hydrogen-bond donors (Lipinski definition) is 2. The Morgan fingerprint density at radius 3 is 2.86 bits per heavy atom. The van der Waals surface area contributed by atoms with Crippen molar-refractivity contribution in [2.45, 2.75) is 13.0 Å². The number of carbonyl (C=O) groups excluding carboxylic acids is 2. The number of anilines is 2. The van der Waals surface area contributed by atoms with Crippen molar-refractivity contribution in [3.8, 4) is 0 Å². The number of H-pyrrole nitrogens is 1. The number of aromatic amines is 1. The molecule has 1 saturated heterocycles. The summed E-state index contributed by atoms with van der Waals surface area (Å²) in [5.41, 5.74) is 2.79. The molecule has 1 aliphatic heterocycles. The van der Waals surface area contributed by atoms with Crippen LogP contribution in [0, 0.1) is 11.7 Å². The van der Waals surface area contributed by atoms with Gasteiger partial charge in [-0.3, -0.25) is 9.59 Å². The molecule has 3 aromatic rings. The zero-order valence-electron chi connectivity index (χ0n) is 15.2. The number of amides is 2. The Balaban J connectivity index is 1.45. The molecular formula is C20H19FN4O3. The quantitative estimate of drug-likeness (QED) is 0.710. The van der Waals surface area contributed by atoms with Crippen LogP contribution in [0.3, 0.4) is 0 Å². The molecular weight excluding hydrogens is 363 g/mol. The molecule has 2 heterocycles. The van der Waals surface area contributed by atoms with E-state index in [1.54, 1.807) is 19.2 Å². The van der Waals surface area contributed by atoms with Crippen LogP contribution in [0.2, 0.25) is 0 Å². The van der Waals surface area contributed by atoms with E-state index in [9.17, 15) is 14.0 Å². The van der Waals surface area contributed by atoms with Gasteiger partial charge in [-0.15, -0.1) is 0 Å². The van der Waals surface area contributed by atoms with Gasteiger partial charge in [-0.1, -0.05) is 0 Å². The van der Waals surface area contributed by atoms with Crippen LogP contribution >= 0.6 is 0 Å². The molecule has 0 spiro atoms. The molecule has 28 heavy (non-hydrogen) atoms. The second-order valence-electron chi connectivity index (χ2n) is 6.72. The van der Waals surface area contributed by atoms with Crippen molar-refractivity contribution in [1.82, 2.24) is 9.97 Å². The van der Waals surface area contributed by atoms with Crippen LogP contribution in [0.1, 0.15) is 12.2 Å². The van der Waals surface area contributed by atoms with Crippen LogP contribution in [-0.4, -0.2) is 35.4 Å². The molecule has 0 unspecified atom stereocenters. The number of methoxy groups -OCH3 is 1. The highest BCUT2D eigenvalue weighted by molar-refractivity contribution is 6.03. The number of benzene rings is 2. The summed E-state index contributed by atoms with van der Waals surface area (Å²) in [6.45, 7) is 0.639. The lowest BCUT2D eigenvalue weighted by molar-refractivity contribution is -0.122. The predicted molar refractivity (Wildman–Crippen MR) is 102 cm³/mol. The average molecular weight is 382 g/mol. The van der Waals surface area contributed by atoms with Crippen LogP contribution in [0.15, 0.2) is 42.5 Å². The highest BCUT2D eigenvalue weighted by atomic mass is 19.1. The van der Waals surface area contributed by atoms with Crippen LogP contribution in [0.25, 0.3) is 11.0 Å². The lowest BCUT2D eigenvalue weighted by atomic mass is 10.1. The van der Waals surface area contributed by atoms with E-state index in [-0.39, 0.29) is 30.6 Å². The maximum Gasteiger partial charge on any atom is 0.229 e. The highest BCUT2D eigenvalue weighted by Gasteiger charge is 2.35. The number of halogens is 1. The predicted octanol–water partition coefficient (Wildman–Crippen LogP) is 2.84. The Bertz CT molecular complexity index is 1030. The zero-order valence-corrected chi connectivity index (χ0v) is 15.2. The van der Waals surface area contributed by atoms with Crippen molar-refractivity contribution >= 4 is 34.2 Å². The number of nitrogens with one attached hydrogen (secondary N) is 2. The highest BCUT2D eigenvalue weighted by Crippen LogP contribution is 2.26. The maximum atomic E-state index is 13.1. The number of imidazole rings is 1. The van der Waals surface area contributed by atoms with E-state index < -0.39 is 5.92 Å². The van der Waals surface area contributed by atoms with Gasteiger partial charge < -0.3 is 19.9 Å². The Hall–Kier alpha value is -3.26. The molecule has 2 aromatic carbocycles. The molecule has 4 rings (SSSR count). The molecule has 1 fully saturated rings. The Morgan fingerprint density at radius 2 is 2.11 bits per heavy atom. The lowest BCUT2D eigenvalue weighted by Gasteiger charge is -2.16. The van der Waals surface area contributed by atoms with Crippen molar-refractivity contribution in [1.29, 1.82) is 0 Å². The van der Waals surface area contributed by atoms with Gasteiger partial charge in [0.15, 0.2) is 0 Å². The number of carbonyl (C=O) groups is 2. The van der Waals surface area contributed by atoms with E-state index in [0.717, 1.165) is 11.0 Å². The molecule has 0 bridgehead atoms. The van der Waals surface area contributed by atoms with Crippen molar-refractivity contribution < 1.29 is 18.7 Å². The van der Waals surface area contributed by atoms with E-state index >= 15 is 0 Å². The number of fused-ring (bicyclic) bond motifs is 1. The maximum absolute atomic E-state index is 13.1. The first-order valence-corrected chi connectivity index (χ1v) is 8.88. The van der Waals surface area contributed by atoms with Crippen LogP contribution in [0.4, 0.5) is 15.8 Å². The second kappa shape index (κ2) is 7.40. The van der Waals surface area contributed by atoms with E-state index in [2.05, 4.69) is 15.3 Å². The van der Waals surface area contributed by atoms with Gasteiger partial charge >= 0.3 is 0 Å². The van der Waals surface area contributed by atoms with E-state index in [1.807, 2.05) is 6.07 Å². The fourth-order valence-corrected chi connectivity index (χ4v) is 3.34. The van der Waals surface area contributed by atoms with Crippen LogP contribution in [-0.2, 0) is 20.9 Å². The minimum Gasteiger partial charge on any atom is -0.377 e. The van der Waals surface area contributed by atoms with Gasteiger partial charge in [0.2, 0.25) is 11.8 Å². The molecule has 0 aliphatic carbocycles. The van der Waals surface area contributed by atoms with Crippen molar-refractivity contribution in [3.05, 3.63) is 54.1 Å². The fraction of sp³-hybridized carbons (Fsp3) is 0.250. The van der Waals surface area contributed by atoms with Crippen molar-refractivity contribution in [2.75, 3.05) is 23.9 Å². The first-order valence-electron chi connectivity index (χ1n) is 8.88. The smallest absolute Gasteiger partial charge is 0.229 e. The Labute approximate surface area is 160 Å². The summed E-state index contributed by atoms with van der Waals surface area (Å²) >= 11 is 0. The molecule has 2 amide bonds. The third kappa shape index (κ3) is 3.59. The summed E-state index contributed by atoms with van der Waals surface area (Å²) in [4.78, 5) is 34.0. The summed E-state index contributed by atoms with van der Waals surface area (Å²) in [7, 11) is 1.59. The first kappa shape index (κ1) is 18.1. The molecule has 0 saturated carbocycles. The monoisotopic (exact) mass is 382 g/mol. The SMILES string of the molecule is COCc1nc2ccc(NC(=O)[C@@H]3CC(=O)N(c4ccc(F)cc4)C3)cc2[nH]1. The first-order chi connectivity index (χ1) is 13.5. The number of nitrogens with zero attached hydrogens (tertiary/aromatic N) is 2. The summed E-state index contributed by atoms with van der Waals surface area (Å²) < 4.78 is 18.2. The number of rotatable bonds is 5. The van der Waals surface area contributed by atoms with Gasteiger partial charge in [0.05, 0.1) is 17.0 Å². The largest absolute Gasteiger partial charge is 0.377 e. The topological polar surface area (TPSA) is 87.3 Å². The number of ether oxygens (including phenoxy) is 1. The van der Waals surface area contributed by atoms with Crippen LogP contribution < -0.4 is 10.2 Å². The van der Waals surface area contributed by atoms with E-state index in [0.29, 0.717) is 23.8 Å². The Kier molecular flexibility index (Phi) is 4.79. The third-order valence-corrected chi connectivity index (χ3v) is 4.71. The lowest BCUT2D eigenvalue weighted by Crippen LogP contribution is -2.28. The van der Waals surface area contributed by atoms with Crippen molar-refractivity contribution in [2.24, 2.45) is 5.92 Å². The van der Waals surface area contributed by atoms with Gasteiger partial charge in [0, 0.05) is 31.5 Å². The molecule has 7 nitrogen and oxygen atoms in total. The average Bonchev–Trinajstić information content (AvgIpc) is 3.25. The number of hydrogen-bond acceptors (Lipinski definition) is 4. The number of aromatic nitrogens is 2. The molecule has 1 atom stereocenters. The molecule has 1 aliphatic rings. The van der Waals surface area contributed by atoms with E-state index in [4.69, 9.17) is 4.74 Å². The Morgan fingerprint density at radius 1 is 1.32 bits per heavy atom. The summed E-state index contributed by atoms with van der Waals surface area (Å²) in [5, 5.41) is 2.86. The van der Waals surface area contributed by atoms with Gasteiger partial charge in [-0.25, -0.2) is 9.37 Å². The normalized spacial score (nSPS) is 16.7. The zero-order chi connectivity index (χ0) is 19.7. The third-order valence-electron chi connectivity index (χ3n) is 4.71. The standard InChI is InChI=1S/C20H19FN4O3/c1-28-11-18-23-16-7-4-14(9-17(16)24-18)22-20(27)12-8-19(26)25(10-12)15-5-2-13(21)3-6-15/h2-7,9,12H,8,10-11H2,1H3,(H,22,27)(H,23,24)/t12-/m1/s1. The molecule has 8 heteroatoms. The van der Waals surface area contributed by atoms with Crippen LogP contribution in [0.5, 0.6) is 0 Å². The molecule has 2 N–H and O–H groups in total. The molecule has 144 valence electrons. The molecule has 0 radical (unpaired) electrons. The summed E-state index contributed by atoms with van der Waals surface area (Å²) in [5.74, 6) is -0.516. The van der Waals surface area contributed by atoms with Crippen molar-refractivity contribution in [3.63, 3.8) is 0 Å². The van der Waals surface area contributed by atoms with Gasteiger partial charge in [-0.05, 0) is 42.5 Å². The van der Waals surface area contributed by atoms with Gasteiger partial charge in [0.25, 0.3) is 0 Å². The summed E-state index contributed by atoms with van der Waals surface area (Å²) in [6.07, 6.45) is 0.119. The minimum absolute atomic E-state index is 0.119. The van der Waals surface area contributed by atoms with Gasteiger partial charge in [-0.2, -0.15) is 0 Å². The second-order valence-corrected chi connectivity index (χ2v) is 6.72. The fourth-order valence-electron chi connectivity index (χ4n) is 3.34. The molecule has 1 aromatic heterocycles.